The summed E-state index contributed by atoms with van der Waals surface area (Å²) in [6, 6.07) is 2.87. The third-order valence-corrected chi connectivity index (χ3v) is 3.44. The zero-order chi connectivity index (χ0) is 12.8. The average Bonchev–Trinajstić information content (AvgIpc) is 3.09. The van der Waals surface area contributed by atoms with Crippen molar-refractivity contribution in [1.82, 2.24) is 10.2 Å². The Bertz CT molecular complexity index is 338. The molecule has 1 aliphatic carbocycles. The summed E-state index contributed by atoms with van der Waals surface area (Å²) in [5.41, 5.74) is 1.33. The molecule has 0 atom stereocenters. The van der Waals surface area contributed by atoms with Crippen LogP contribution in [0.25, 0.3) is 0 Å². The molecule has 1 aliphatic rings. The van der Waals surface area contributed by atoms with Gasteiger partial charge in [-0.05, 0) is 44.8 Å². The molecule has 18 heavy (non-hydrogen) atoms. The predicted octanol–water partition coefficient (Wildman–Crippen LogP) is 3.15. The van der Waals surface area contributed by atoms with Gasteiger partial charge in [-0.1, -0.05) is 13.8 Å². The summed E-state index contributed by atoms with van der Waals surface area (Å²) in [5, 5.41) is 3.56. The van der Waals surface area contributed by atoms with E-state index in [0.29, 0.717) is 0 Å². The lowest BCUT2D eigenvalue weighted by atomic mass is 10.2. The molecule has 0 spiro atoms. The molecule has 0 aromatic carbocycles. The number of furan rings is 1. The van der Waals surface area contributed by atoms with Gasteiger partial charge in [-0.25, -0.2) is 0 Å². The van der Waals surface area contributed by atoms with Crippen molar-refractivity contribution >= 4 is 0 Å². The van der Waals surface area contributed by atoms with Crippen LogP contribution in [-0.4, -0.2) is 24.0 Å². The van der Waals surface area contributed by atoms with Gasteiger partial charge in [-0.15, -0.1) is 0 Å². The molecule has 0 unspecified atom stereocenters. The Kier molecular flexibility index (Phi) is 5.26. The highest BCUT2D eigenvalue weighted by molar-refractivity contribution is 5.17. The average molecular weight is 250 g/mol. The van der Waals surface area contributed by atoms with Crippen molar-refractivity contribution in [3.8, 4) is 0 Å². The molecule has 2 rings (SSSR count). The molecule has 0 bridgehead atoms. The predicted molar refractivity (Wildman–Crippen MR) is 74.4 cm³/mol. The zero-order valence-corrected chi connectivity index (χ0v) is 11.7. The molecule has 1 aromatic heterocycles. The van der Waals surface area contributed by atoms with Crippen LogP contribution in [0.4, 0.5) is 0 Å². The van der Waals surface area contributed by atoms with Gasteiger partial charge in [0.2, 0.25) is 0 Å². The first-order chi connectivity index (χ1) is 8.83. The van der Waals surface area contributed by atoms with Crippen molar-refractivity contribution in [3.05, 3.63) is 23.7 Å². The van der Waals surface area contributed by atoms with Gasteiger partial charge in [0.1, 0.15) is 5.76 Å². The van der Waals surface area contributed by atoms with E-state index in [9.17, 15) is 0 Å². The highest BCUT2D eigenvalue weighted by Crippen LogP contribution is 2.21. The first-order valence-electron chi connectivity index (χ1n) is 7.34. The van der Waals surface area contributed by atoms with Crippen molar-refractivity contribution in [1.29, 1.82) is 0 Å². The van der Waals surface area contributed by atoms with Crippen molar-refractivity contribution in [2.75, 3.05) is 13.1 Å². The van der Waals surface area contributed by atoms with Gasteiger partial charge in [0, 0.05) is 18.2 Å². The third kappa shape index (κ3) is 4.14. The summed E-state index contributed by atoms with van der Waals surface area (Å²) in [6.45, 7) is 8.70. The van der Waals surface area contributed by atoms with Crippen LogP contribution in [0.2, 0.25) is 0 Å². The van der Waals surface area contributed by atoms with Gasteiger partial charge >= 0.3 is 0 Å². The fourth-order valence-electron chi connectivity index (χ4n) is 2.31. The third-order valence-electron chi connectivity index (χ3n) is 3.44. The van der Waals surface area contributed by atoms with Crippen LogP contribution in [0.1, 0.15) is 50.9 Å². The number of hydrogen-bond acceptors (Lipinski definition) is 3. The lowest BCUT2D eigenvalue weighted by Crippen LogP contribution is -2.25. The van der Waals surface area contributed by atoms with Crippen molar-refractivity contribution < 1.29 is 4.42 Å². The summed E-state index contributed by atoms with van der Waals surface area (Å²) < 4.78 is 5.66. The molecular formula is C15H26N2O. The second kappa shape index (κ2) is 6.95. The Morgan fingerprint density at radius 3 is 2.61 bits per heavy atom. The summed E-state index contributed by atoms with van der Waals surface area (Å²) in [6.07, 6.45) is 6.91. The molecule has 0 amide bonds. The van der Waals surface area contributed by atoms with Crippen molar-refractivity contribution in [2.24, 2.45) is 0 Å². The van der Waals surface area contributed by atoms with Gasteiger partial charge in [-0.3, -0.25) is 4.90 Å². The minimum atomic E-state index is 0.759. The fraction of sp³-hybridized carbons (Fsp3) is 0.733. The van der Waals surface area contributed by atoms with Crippen LogP contribution in [-0.2, 0) is 13.1 Å². The molecule has 1 heterocycles. The van der Waals surface area contributed by atoms with Gasteiger partial charge < -0.3 is 9.73 Å². The molecule has 0 aliphatic heterocycles. The quantitative estimate of drug-likeness (QED) is 0.730. The molecule has 3 heteroatoms. The monoisotopic (exact) mass is 250 g/mol. The molecular weight excluding hydrogens is 224 g/mol. The van der Waals surface area contributed by atoms with Crippen LogP contribution in [0, 0.1) is 0 Å². The van der Waals surface area contributed by atoms with Crippen molar-refractivity contribution in [2.45, 2.75) is 58.7 Å². The summed E-state index contributed by atoms with van der Waals surface area (Å²) in [7, 11) is 0. The molecule has 3 nitrogen and oxygen atoms in total. The molecule has 102 valence electrons. The minimum Gasteiger partial charge on any atom is -0.468 e. The number of rotatable bonds is 9. The minimum absolute atomic E-state index is 0.759. The van der Waals surface area contributed by atoms with E-state index in [1.54, 1.807) is 0 Å². The van der Waals surface area contributed by atoms with Gasteiger partial charge in [0.15, 0.2) is 0 Å². The topological polar surface area (TPSA) is 28.4 Å². The Morgan fingerprint density at radius 1 is 1.28 bits per heavy atom. The second-order valence-electron chi connectivity index (χ2n) is 5.30. The Balaban J connectivity index is 1.87. The normalized spacial score (nSPS) is 15.5. The maximum absolute atomic E-state index is 5.66. The maximum atomic E-state index is 5.66. The molecule has 1 saturated carbocycles. The molecule has 1 aromatic rings. The van der Waals surface area contributed by atoms with E-state index in [0.717, 1.165) is 38.0 Å². The van der Waals surface area contributed by atoms with Gasteiger partial charge in [0.25, 0.3) is 0 Å². The van der Waals surface area contributed by atoms with Gasteiger partial charge in [0.05, 0.1) is 12.8 Å². The molecule has 0 saturated heterocycles. The maximum Gasteiger partial charge on any atom is 0.122 e. The summed E-state index contributed by atoms with van der Waals surface area (Å²) in [4.78, 5) is 2.49. The first-order valence-corrected chi connectivity index (χ1v) is 7.34. The van der Waals surface area contributed by atoms with Crippen LogP contribution >= 0.6 is 0 Å². The second-order valence-corrected chi connectivity index (χ2v) is 5.30. The van der Waals surface area contributed by atoms with Crippen LogP contribution in [0.3, 0.4) is 0 Å². The Labute approximate surface area is 111 Å². The lowest BCUT2D eigenvalue weighted by Gasteiger charge is -2.20. The van der Waals surface area contributed by atoms with Gasteiger partial charge in [-0.2, -0.15) is 0 Å². The van der Waals surface area contributed by atoms with E-state index < -0.39 is 0 Å². The van der Waals surface area contributed by atoms with Crippen LogP contribution in [0.5, 0.6) is 0 Å². The number of nitrogens with zero attached hydrogens (tertiary/aromatic N) is 1. The lowest BCUT2D eigenvalue weighted by molar-refractivity contribution is 0.243. The van der Waals surface area contributed by atoms with E-state index in [1.165, 1.54) is 31.2 Å². The highest BCUT2D eigenvalue weighted by Gasteiger charge is 2.21. The fourth-order valence-corrected chi connectivity index (χ4v) is 2.31. The number of hydrogen-bond donors (Lipinski definition) is 1. The standard InChI is InChI=1S/C15H26N2O/c1-3-8-17(9-4-2)12-15-13(7-10-18-15)11-16-14-5-6-14/h7,10,14,16H,3-6,8-9,11-12H2,1-2H3. The Hall–Kier alpha value is -0.800. The van der Waals surface area contributed by atoms with Crippen molar-refractivity contribution in [3.63, 3.8) is 0 Å². The van der Waals surface area contributed by atoms with Crippen LogP contribution in [0.15, 0.2) is 16.7 Å². The van der Waals surface area contributed by atoms with E-state index in [-0.39, 0.29) is 0 Å². The smallest absolute Gasteiger partial charge is 0.122 e. The number of nitrogens with one attached hydrogen (secondary N) is 1. The zero-order valence-electron chi connectivity index (χ0n) is 11.7. The summed E-state index contributed by atoms with van der Waals surface area (Å²) >= 11 is 0. The SMILES string of the molecule is CCCN(CCC)Cc1occc1CNC1CC1. The van der Waals surface area contributed by atoms with E-state index >= 15 is 0 Å². The largest absolute Gasteiger partial charge is 0.468 e. The molecule has 1 N–H and O–H groups in total. The first kappa shape index (κ1) is 13.6. The molecule has 1 fully saturated rings. The van der Waals surface area contributed by atoms with E-state index in [4.69, 9.17) is 4.42 Å². The van der Waals surface area contributed by atoms with Crippen LogP contribution < -0.4 is 5.32 Å². The van der Waals surface area contributed by atoms with E-state index in [1.807, 2.05) is 6.26 Å². The Morgan fingerprint density at radius 2 is 2.00 bits per heavy atom. The highest BCUT2D eigenvalue weighted by atomic mass is 16.3. The van der Waals surface area contributed by atoms with E-state index in [2.05, 4.69) is 30.1 Å². The molecule has 0 radical (unpaired) electrons. The summed E-state index contributed by atoms with van der Waals surface area (Å²) in [5.74, 6) is 1.14.